The quantitative estimate of drug-likeness (QED) is 0.618. The van der Waals surface area contributed by atoms with Crippen LogP contribution in [0.25, 0.3) is 11.0 Å². The van der Waals surface area contributed by atoms with Gasteiger partial charge in [0.05, 0.1) is 24.2 Å². The normalized spacial score (nSPS) is 12.5. The van der Waals surface area contributed by atoms with Crippen LogP contribution in [0.3, 0.4) is 0 Å². The largest absolute Gasteiger partial charge is 0.491 e. The van der Waals surface area contributed by atoms with Gasteiger partial charge in [0.25, 0.3) is 0 Å². The molecule has 22 heavy (non-hydrogen) atoms. The van der Waals surface area contributed by atoms with Crippen molar-refractivity contribution < 1.29 is 9.15 Å². The third kappa shape index (κ3) is 2.72. The van der Waals surface area contributed by atoms with Crippen molar-refractivity contribution >= 4 is 22.3 Å². The van der Waals surface area contributed by atoms with Gasteiger partial charge in [0.1, 0.15) is 5.75 Å². The van der Waals surface area contributed by atoms with Gasteiger partial charge in [0.2, 0.25) is 0 Å². The topological polar surface area (TPSA) is 74.4 Å². The summed E-state index contributed by atoms with van der Waals surface area (Å²) in [6.07, 6.45) is 2.65. The highest BCUT2D eigenvalue weighted by atomic mass is 16.5. The van der Waals surface area contributed by atoms with Crippen LogP contribution in [-0.2, 0) is 6.42 Å². The lowest BCUT2D eigenvalue weighted by atomic mass is 10.1. The fraction of sp³-hybridized carbons (Fsp3) is 0.222. The van der Waals surface area contributed by atoms with Crippen LogP contribution in [0.1, 0.15) is 16.7 Å². The van der Waals surface area contributed by atoms with Crippen LogP contribution in [0, 0.1) is 13.8 Å². The van der Waals surface area contributed by atoms with Crippen LogP contribution in [0.15, 0.2) is 41.0 Å². The Bertz CT molecular complexity index is 821. The second-order valence-electron chi connectivity index (χ2n) is 5.63. The third-order valence-corrected chi connectivity index (χ3v) is 3.68. The number of benzene rings is 2. The predicted octanol–water partition coefficient (Wildman–Crippen LogP) is 3.84. The Hall–Kier alpha value is -2.62. The van der Waals surface area contributed by atoms with Gasteiger partial charge in [-0.15, -0.1) is 0 Å². The fourth-order valence-electron chi connectivity index (χ4n) is 2.77. The van der Waals surface area contributed by atoms with E-state index < -0.39 is 0 Å². The van der Waals surface area contributed by atoms with Gasteiger partial charge >= 0.3 is 0 Å². The molecule has 0 spiro atoms. The van der Waals surface area contributed by atoms with Gasteiger partial charge in [0, 0.05) is 11.8 Å². The van der Waals surface area contributed by atoms with E-state index in [0.29, 0.717) is 5.69 Å². The summed E-state index contributed by atoms with van der Waals surface area (Å²) in [6.45, 7) is 4.85. The number of nitrogens with two attached hydrogens (primary N) is 2. The minimum absolute atomic E-state index is 0.713. The molecule has 0 saturated heterocycles. The molecule has 2 aromatic carbocycles. The highest BCUT2D eigenvalue weighted by Crippen LogP contribution is 2.32. The maximum atomic E-state index is 5.75. The number of hydrogen-bond donors (Lipinski definition) is 2. The number of aryl methyl sites for hydroxylation is 2. The number of hydrogen-bond acceptors (Lipinski definition) is 4. The molecule has 114 valence electrons. The zero-order valence-corrected chi connectivity index (χ0v) is 12.8. The minimum atomic E-state index is 0.713. The van der Waals surface area contributed by atoms with Crippen LogP contribution in [0.4, 0.5) is 11.4 Å². The van der Waals surface area contributed by atoms with E-state index in [9.17, 15) is 0 Å². The monoisotopic (exact) mass is 296 g/mol. The molecule has 0 amide bonds. The number of anilines is 2. The van der Waals surface area contributed by atoms with Crippen molar-refractivity contribution in [3.05, 3.63) is 53.3 Å². The summed E-state index contributed by atoms with van der Waals surface area (Å²) >= 11 is 0. The summed E-state index contributed by atoms with van der Waals surface area (Å²) in [5.74, 6) is 0.899. The molecule has 0 radical (unpaired) electrons. The van der Waals surface area contributed by atoms with Gasteiger partial charge in [-0.05, 0) is 54.8 Å². The zero-order valence-electron chi connectivity index (χ0n) is 12.8. The summed E-state index contributed by atoms with van der Waals surface area (Å²) < 4.78 is 10.5. The molecule has 0 bridgehead atoms. The third-order valence-electron chi connectivity index (χ3n) is 3.68. The Morgan fingerprint density at radius 3 is 2.50 bits per heavy atom. The van der Waals surface area contributed by atoms with Gasteiger partial charge in [-0.2, -0.15) is 0 Å². The van der Waals surface area contributed by atoms with Crippen LogP contribution >= 0.6 is 0 Å². The number of ether oxygens (including phenoxy) is 1. The highest BCUT2D eigenvalue weighted by Gasteiger charge is 2.14. The average molecular weight is 296 g/mol. The lowest BCUT2D eigenvalue weighted by Crippen LogP contribution is -1.92. The summed E-state index contributed by atoms with van der Waals surface area (Å²) in [5.41, 5.74) is 17.4. The van der Waals surface area contributed by atoms with Crippen LogP contribution in [-0.4, -0.2) is 6.61 Å². The van der Waals surface area contributed by atoms with Crippen molar-refractivity contribution in [2.45, 2.75) is 20.3 Å². The molecule has 4 rings (SSSR count). The lowest BCUT2D eigenvalue weighted by Gasteiger charge is -2.03. The number of furan rings is 1. The lowest BCUT2D eigenvalue weighted by molar-refractivity contribution is 0.358. The molecule has 3 aromatic rings. The molecule has 1 aliphatic heterocycles. The van der Waals surface area contributed by atoms with Crippen molar-refractivity contribution in [2.24, 2.45) is 0 Å². The Labute approximate surface area is 129 Å². The Balaban J connectivity index is 0.000000131. The molecule has 4 heteroatoms. The molecule has 0 saturated carbocycles. The second-order valence-corrected chi connectivity index (χ2v) is 5.63. The molecule has 0 atom stereocenters. The molecule has 0 aliphatic carbocycles. The molecule has 0 fully saturated rings. The summed E-state index contributed by atoms with van der Waals surface area (Å²) in [5, 5.41) is 1.07. The van der Waals surface area contributed by atoms with E-state index in [4.69, 9.17) is 20.6 Å². The standard InChI is InChI=1S/C9H11NO.C9H9NO/c2*1-6-4-7-2-3-11-9(7)8(10)5-6/h4-5H,2-3,10H2,1H3;2-5H,10H2,1H3. The molecule has 4 nitrogen and oxygen atoms in total. The van der Waals surface area contributed by atoms with E-state index in [-0.39, 0.29) is 0 Å². The van der Waals surface area contributed by atoms with Crippen molar-refractivity contribution in [1.29, 1.82) is 0 Å². The minimum Gasteiger partial charge on any atom is -0.491 e. The van der Waals surface area contributed by atoms with Crippen LogP contribution in [0.5, 0.6) is 5.75 Å². The molecular weight excluding hydrogens is 276 g/mol. The Kier molecular flexibility index (Phi) is 3.67. The van der Waals surface area contributed by atoms with E-state index in [1.807, 2.05) is 25.1 Å². The molecule has 4 N–H and O–H groups in total. The molecule has 1 aromatic heterocycles. The zero-order chi connectivity index (χ0) is 15.7. The van der Waals surface area contributed by atoms with Crippen molar-refractivity contribution in [1.82, 2.24) is 0 Å². The summed E-state index contributed by atoms with van der Waals surface area (Å²) in [6, 6.07) is 9.96. The van der Waals surface area contributed by atoms with E-state index >= 15 is 0 Å². The average Bonchev–Trinajstić information content (AvgIpc) is 3.07. The van der Waals surface area contributed by atoms with Crippen molar-refractivity contribution in [2.75, 3.05) is 18.1 Å². The first-order chi connectivity index (χ1) is 10.5. The number of fused-ring (bicyclic) bond motifs is 2. The van der Waals surface area contributed by atoms with Crippen LogP contribution < -0.4 is 16.2 Å². The Morgan fingerprint density at radius 2 is 1.68 bits per heavy atom. The smallest absolute Gasteiger partial charge is 0.156 e. The Morgan fingerprint density at radius 1 is 0.955 bits per heavy atom. The number of rotatable bonds is 0. The predicted molar refractivity (Wildman–Crippen MR) is 90.2 cm³/mol. The first-order valence-electron chi connectivity index (χ1n) is 7.29. The maximum Gasteiger partial charge on any atom is 0.156 e. The van der Waals surface area contributed by atoms with Crippen molar-refractivity contribution in [3.8, 4) is 5.75 Å². The van der Waals surface area contributed by atoms with Crippen molar-refractivity contribution in [3.63, 3.8) is 0 Å². The van der Waals surface area contributed by atoms with Gasteiger partial charge < -0.3 is 20.6 Å². The fourth-order valence-corrected chi connectivity index (χ4v) is 2.77. The summed E-state index contributed by atoms with van der Waals surface area (Å²) in [7, 11) is 0. The van der Waals surface area contributed by atoms with E-state index in [0.717, 1.165) is 41.0 Å². The SMILES string of the molecule is Cc1cc(N)c2c(c1)CCO2.Cc1cc(N)c2occc2c1. The van der Waals surface area contributed by atoms with Gasteiger partial charge in [-0.25, -0.2) is 0 Å². The van der Waals surface area contributed by atoms with E-state index in [1.54, 1.807) is 6.26 Å². The van der Waals surface area contributed by atoms with E-state index in [1.165, 1.54) is 11.1 Å². The molecular formula is C18H20N2O2. The van der Waals surface area contributed by atoms with E-state index in [2.05, 4.69) is 19.1 Å². The first-order valence-corrected chi connectivity index (χ1v) is 7.29. The highest BCUT2D eigenvalue weighted by molar-refractivity contribution is 5.88. The summed E-state index contributed by atoms with van der Waals surface area (Å²) in [4.78, 5) is 0. The molecule has 1 aliphatic rings. The van der Waals surface area contributed by atoms with Gasteiger partial charge in [-0.1, -0.05) is 6.07 Å². The maximum absolute atomic E-state index is 5.75. The second kappa shape index (κ2) is 5.64. The van der Waals surface area contributed by atoms with Gasteiger partial charge in [0.15, 0.2) is 5.58 Å². The molecule has 2 heterocycles. The van der Waals surface area contributed by atoms with Gasteiger partial charge in [-0.3, -0.25) is 0 Å². The first kappa shape index (κ1) is 14.3. The molecule has 0 unspecified atom stereocenters. The van der Waals surface area contributed by atoms with Crippen LogP contribution in [0.2, 0.25) is 0 Å². The number of nitrogen functional groups attached to an aromatic ring is 2.